The first-order chi connectivity index (χ1) is 7.99. The van der Waals surface area contributed by atoms with Gasteiger partial charge in [-0.25, -0.2) is 9.18 Å². The first kappa shape index (κ1) is 13.2. The van der Waals surface area contributed by atoms with Crippen molar-refractivity contribution in [3.8, 4) is 0 Å². The van der Waals surface area contributed by atoms with E-state index in [1.54, 1.807) is 12.1 Å². The van der Waals surface area contributed by atoms with Crippen molar-refractivity contribution >= 4 is 11.9 Å². The summed E-state index contributed by atoms with van der Waals surface area (Å²) in [5.41, 5.74) is 0.836. The summed E-state index contributed by atoms with van der Waals surface area (Å²) in [7, 11) is 0. The van der Waals surface area contributed by atoms with Gasteiger partial charge in [-0.05, 0) is 30.5 Å². The molecule has 0 saturated heterocycles. The number of carboxylic acids is 1. The highest BCUT2D eigenvalue weighted by Gasteiger charge is 2.17. The third-order valence-corrected chi connectivity index (χ3v) is 2.31. The number of hydrogen-bond acceptors (Lipinski definition) is 2. The van der Waals surface area contributed by atoms with Gasteiger partial charge in [0.05, 0.1) is 0 Å². The first-order valence-electron chi connectivity index (χ1n) is 5.23. The van der Waals surface area contributed by atoms with Crippen LogP contribution in [-0.4, -0.2) is 23.0 Å². The van der Waals surface area contributed by atoms with E-state index in [2.05, 4.69) is 5.32 Å². The van der Waals surface area contributed by atoms with Gasteiger partial charge >= 0.3 is 5.97 Å². The van der Waals surface area contributed by atoms with Gasteiger partial charge in [-0.15, -0.1) is 0 Å². The molecule has 2 N–H and O–H groups in total. The molecule has 0 heterocycles. The summed E-state index contributed by atoms with van der Waals surface area (Å²) in [6.45, 7) is 1.27. The lowest BCUT2D eigenvalue weighted by Gasteiger charge is -2.12. The highest BCUT2D eigenvalue weighted by molar-refractivity contribution is 5.82. The van der Waals surface area contributed by atoms with Crippen molar-refractivity contribution < 1.29 is 19.1 Å². The molecular formula is C12H14FNO3. The predicted octanol–water partition coefficient (Wildman–Crippen LogP) is 1.35. The molecule has 92 valence electrons. The molecule has 4 nitrogen and oxygen atoms in total. The van der Waals surface area contributed by atoms with Crippen molar-refractivity contribution in [1.29, 1.82) is 0 Å². The maximum Gasteiger partial charge on any atom is 0.326 e. The number of hydrogen-bond donors (Lipinski definition) is 2. The van der Waals surface area contributed by atoms with Gasteiger partial charge in [0.25, 0.3) is 0 Å². The normalized spacial score (nSPS) is 11.9. The topological polar surface area (TPSA) is 66.4 Å². The molecule has 1 amide bonds. The van der Waals surface area contributed by atoms with E-state index in [0.29, 0.717) is 6.42 Å². The van der Waals surface area contributed by atoms with Gasteiger partial charge in [0.1, 0.15) is 11.9 Å². The zero-order chi connectivity index (χ0) is 12.8. The van der Waals surface area contributed by atoms with E-state index in [1.165, 1.54) is 19.1 Å². The van der Waals surface area contributed by atoms with Crippen LogP contribution in [0.3, 0.4) is 0 Å². The molecule has 0 aliphatic heterocycles. The molecule has 1 aromatic rings. The maximum absolute atomic E-state index is 12.6. The molecule has 1 aromatic carbocycles. The molecule has 1 rings (SSSR count). The van der Waals surface area contributed by atoms with Crippen LogP contribution in [0.25, 0.3) is 0 Å². The summed E-state index contributed by atoms with van der Waals surface area (Å²) in [6.07, 6.45) is 0.748. The summed E-state index contributed by atoms with van der Waals surface area (Å²) in [5.74, 6) is -1.77. The van der Waals surface area contributed by atoms with Crippen LogP contribution < -0.4 is 5.32 Å². The molecule has 0 saturated carbocycles. The van der Waals surface area contributed by atoms with E-state index in [4.69, 9.17) is 5.11 Å². The number of carboxylic acid groups (broad SMARTS) is 1. The van der Waals surface area contributed by atoms with Crippen LogP contribution >= 0.6 is 0 Å². The lowest BCUT2D eigenvalue weighted by Crippen LogP contribution is -2.39. The van der Waals surface area contributed by atoms with Crippen molar-refractivity contribution in [2.24, 2.45) is 0 Å². The van der Waals surface area contributed by atoms with Gasteiger partial charge in [-0.1, -0.05) is 12.1 Å². The van der Waals surface area contributed by atoms with Gasteiger partial charge in [0, 0.05) is 6.92 Å². The van der Waals surface area contributed by atoms with Crippen LogP contribution in [0, 0.1) is 5.82 Å². The van der Waals surface area contributed by atoms with E-state index in [0.717, 1.165) is 5.56 Å². The highest BCUT2D eigenvalue weighted by Crippen LogP contribution is 2.07. The van der Waals surface area contributed by atoms with Gasteiger partial charge in [-0.2, -0.15) is 0 Å². The summed E-state index contributed by atoms with van der Waals surface area (Å²) in [6, 6.07) is 4.94. The highest BCUT2D eigenvalue weighted by atomic mass is 19.1. The fourth-order valence-corrected chi connectivity index (χ4v) is 1.46. The predicted molar refractivity (Wildman–Crippen MR) is 60.0 cm³/mol. The third kappa shape index (κ3) is 4.63. The van der Waals surface area contributed by atoms with E-state index in [-0.39, 0.29) is 18.1 Å². The number of carbonyl (C=O) groups excluding carboxylic acids is 1. The number of aryl methyl sites for hydroxylation is 1. The molecule has 1 unspecified atom stereocenters. The Bertz CT molecular complexity index is 403. The van der Waals surface area contributed by atoms with Gasteiger partial charge < -0.3 is 10.4 Å². The monoisotopic (exact) mass is 239 g/mol. The van der Waals surface area contributed by atoms with E-state index in [9.17, 15) is 14.0 Å². The molecule has 0 aliphatic rings. The van der Waals surface area contributed by atoms with Gasteiger partial charge in [-0.3, -0.25) is 4.79 Å². The zero-order valence-electron chi connectivity index (χ0n) is 9.44. The average molecular weight is 239 g/mol. The number of rotatable bonds is 5. The lowest BCUT2D eigenvalue weighted by molar-refractivity contribution is -0.141. The summed E-state index contributed by atoms with van der Waals surface area (Å²) < 4.78 is 12.6. The van der Waals surface area contributed by atoms with E-state index >= 15 is 0 Å². The minimum atomic E-state index is -1.07. The maximum atomic E-state index is 12.6. The molecular weight excluding hydrogens is 225 g/mol. The fourth-order valence-electron chi connectivity index (χ4n) is 1.46. The second kappa shape index (κ2) is 5.98. The fraction of sp³-hybridized carbons (Fsp3) is 0.333. The Morgan fingerprint density at radius 3 is 2.41 bits per heavy atom. The van der Waals surface area contributed by atoms with Gasteiger partial charge in [0.2, 0.25) is 5.91 Å². The van der Waals surface area contributed by atoms with Crippen LogP contribution in [0.5, 0.6) is 0 Å². The molecule has 0 bridgehead atoms. The average Bonchev–Trinajstić information content (AvgIpc) is 2.25. The Kier molecular flexibility index (Phi) is 4.63. The molecule has 0 radical (unpaired) electrons. The summed E-state index contributed by atoms with van der Waals surface area (Å²) >= 11 is 0. The number of nitrogens with one attached hydrogen (secondary N) is 1. The first-order valence-corrected chi connectivity index (χ1v) is 5.23. The van der Waals surface area contributed by atoms with Crippen LogP contribution in [0.15, 0.2) is 24.3 Å². The van der Waals surface area contributed by atoms with Crippen molar-refractivity contribution in [2.45, 2.75) is 25.8 Å². The second-order valence-electron chi connectivity index (χ2n) is 3.76. The van der Waals surface area contributed by atoms with Crippen LogP contribution in [0.2, 0.25) is 0 Å². The van der Waals surface area contributed by atoms with Crippen LogP contribution in [-0.2, 0) is 16.0 Å². The Morgan fingerprint density at radius 2 is 1.94 bits per heavy atom. The Hall–Kier alpha value is -1.91. The molecule has 0 aromatic heterocycles. The number of amides is 1. The van der Waals surface area contributed by atoms with Crippen molar-refractivity contribution in [3.05, 3.63) is 35.6 Å². The lowest BCUT2D eigenvalue weighted by atomic mass is 10.1. The quantitative estimate of drug-likeness (QED) is 0.815. The molecule has 0 spiro atoms. The standard InChI is InChI=1S/C12H14FNO3/c1-8(15)14-11(12(16)17)7-4-9-2-5-10(13)6-3-9/h2-3,5-6,11H,4,7H2,1H3,(H,14,15)(H,16,17). The molecule has 0 aliphatic carbocycles. The third-order valence-electron chi connectivity index (χ3n) is 2.31. The molecule has 5 heteroatoms. The molecule has 0 fully saturated rings. The Labute approximate surface area is 98.5 Å². The summed E-state index contributed by atoms with van der Waals surface area (Å²) in [4.78, 5) is 21.6. The van der Waals surface area contributed by atoms with Gasteiger partial charge in [0.15, 0.2) is 0 Å². The minimum absolute atomic E-state index is 0.278. The number of benzene rings is 1. The van der Waals surface area contributed by atoms with Crippen molar-refractivity contribution in [1.82, 2.24) is 5.32 Å². The van der Waals surface area contributed by atoms with Crippen molar-refractivity contribution in [2.75, 3.05) is 0 Å². The number of halogens is 1. The SMILES string of the molecule is CC(=O)NC(CCc1ccc(F)cc1)C(=O)O. The van der Waals surface area contributed by atoms with Crippen LogP contribution in [0.1, 0.15) is 18.9 Å². The van der Waals surface area contributed by atoms with E-state index in [1.807, 2.05) is 0 Å². The van der Waals surface area contributed by atoms with E-state index < -0.39 is 12.0 Å². The largest absolute Gasteiger partial charge is 0.480 e. The Balaban J connectivity index is 2.54. The number of aliphatic carboxylic acids is 1. The molecule has 1 atom stereocenters. The van der Waals surface area contributed by atoms with Crippen LogP contribution in [0.4, 0.5) is 4.39 Å². The number of carbonyl (C=O) groups is 2. The second-order valence-corrected chi connectivity index (χ2v) is 3.76. The Morgan fingerprint density at radius 1 is 1.35 bits per heavy atom. The molecule has 17 heavy (non-hydrogen) atoms. The smallest absolute Gasteiger partial charge is 0.326 e. The minimum Gasteiger partial charge on any atom is -0.480 e. The zero-order valence-corrected chi connectivity index (χ0v) is 9.44. The van der Waals surface area contributed by atoms with Crippen molar-refractivity contribution in [3.63, 3.8) is 0 Å². The summed E-state index contributed by atoms with van der Waals surface area (Å²) in [5, 5.41) is 11.2.